The zero-order valence-corrected chi connectivity index (χ0v) is 14.4. The summed E-state index contributed by atoms with van der Waals surface area (Å²) in [6.45, 7) is 0.804. The van der Waals surface area contributed by atoms with Gasteiger partial charge in [0.25, 0.3) is 0 Å². The number of azo groups is 1. The third kappa shape index (κ3) is 4.36. The SMILES string of the molecule is N#CC=C(C#N)c1ccc(N=Nc2ccc(N3CC(O)C(O)C3)cc2)cc1. The first-order chi connectivity index (χ1) is 13.1. The number of rotatable bonds is 4. The summed E-state index contributed by atoms with van der Waals surface area (Å²) in [5, 5.41) is 45.3. The summed E-state index contributed by atoms with van der Waals surface area (Å²) in [4.78, 5) is 1.91. The van der Waals surface area contributed by atoms with Crippen molar-refractivity contribution in [1.82, 2.24) is 0 Å². The molecule has 2 atom stereocenters. The summed E-state index contributed by atoms with van der Waals surface area (Å²) in [5.74, 6) is 0. The lowest BCUT2D eigenvalue weighted by molar-refractivity contribution is 0.0572. The molecular weight excluding hydrogens is 342 g/mol. The molecule has 1 heterocycles. The van der Waals surface area contributed by atoms with E-state index in [1.165, 1.54) is 6.08 Å². The first kappa shape index (κ1) is 18.3. The lowest BCUT2D eigenvalue weighted by Gasteiger charge is -2.17. The molecule has 2 N–H and O–H groups in total. The highest BCUT2D eigenvalue weighted by molar-refractivity contribution is 5.78. The van der Waals surface area contributed by atoms with Gasteiger partial charge in [0.05, 0.1) is 35.2 Å². The minimum atomic E-state index is -0.725. The van der Waals surface area contributed by atoms with Gasteiger partial charge in [0.2, 0.25) is 0 Å². The molecule has 1 aliphatic heterocycles. The van der Waals surface area contributed by atoms with Crippen LogP contribution in [-0.4, -0.2) is 35.5 Å². The van der Waals surface area contributed by atoms with Crippen molar-refractivity contribution in [3.8, 4) is 12.1 Å². The molecule has 3 rings (SSSR count). The monoisotopic (exact) mass is 359 g/mol. The molecule has 27 heavy (non-hydrogen) atoms. The number of aliphatic hydroxyl groups is 2. The van der Waals surface area contributed by atoms with Crippen LogP contribution in [0.2, 0.25) is 0 Å². The summed E-state index contributed by atoms with van der Waals surface area (Å²) in [6, 6.07) is 18.1. The fourth-order valence-electron chi connectivity index (χ4n) is 2.78. The second kappa shape index (κ2) is 8.24. The highest BCUT2D eigenvalue weighted by atomic mass is 16.3. The quantitative estimate of drug-likeness (QED) is 0.643. The Labute approximate surface area is 156 Å². The van der Waals surface area contributed by atoms with E-state index >= 15 is 0 Å². The van der Waals surface area contributed by atoms with Gasteiger partial charge < -0.3 is 15.1 Å². The average molecular weight is 359 g/mol. The van der Waals surface area contributed by atoms with Gasteiger partial charge in [-0.1, -0.05) is 12.1 Å². The molecular formula is C20H17N5O2. The van der Waals surface area contributed by atoms with E-state index in [4.69, 9.17) is 10.5 Å². The third-order valence-corrected chi connectivity index (χ3v) is 4.26. The highest BCUT2D eigenvalue weighted by Gasteiger charge is 2.29. The van der Waals surface area contributed by atoms with Gasteiger partial charge >= 0.3 is 0 Å². The maximum absolute atomic E-state index is 9.63. The van der Waals surface area contributed by atoms with Crippen molar-refractivity contribution in [1.29, 1.82) is 10.5 Å². The van der Waals surface area contributed by atoms with E-state index < -0.39 is 12.2 Å². The molecule has 2 unspecified atom stereocenters. The largest absolute Gasteiger partial charge is 0.389 e. The lowest BCUT2D eigenvalue weighted by Crippen LogP contribution is -2.22. The Kier molecular flexibility index (Phi) is 5.58. The van der Waals surface area contributed by atoms with Crippen LogP contribution in [0.25, 0.3) is 5.57 Å². The van der Waals surface area contributed by atoms with Crippen LogP contribution >= 0.6 is 0 Å². The minimum Gasteiger partial charge on any atom is -0.389 e. The van der Waals surface area contributed by atoms with Crippen molar-refractivity contribution in [3.63, 3.8) is 0 Å². The average Bonchev–Trinajstić information content (AvgIpc) is 3.04. The minimum absolute atomic E-state index is 0.300. The van der Waals surface area contributed by atoms with Gasteiger partial charge in [0.1, 0.15) is 6.07 Å². The summed E-state index contributed by atoms with van der Waals surface area (Å²) in [6.07, 6.45) is -0.245. The Bertz CT molecular complexity index is 926. The molecule has 1 aliphatic rings. The molecule has 7 nitrogen and oxygen atoms in total. The van der Waals surface area contributed by atoms with Gasteiger partial charge in [0, 0.05) is 24.9 Å². The van der Waals surface area contributed by atoms with E-state index in [2.05, 4.69) is 10.2 Å². The van der Waals surface area contributed by atoms with Crippen molar-refractivity contribution >= 4 is 22.6 Å². The van der Waals surface area contributed by atoms with Crippen molar-refractivity contribution in [2.24, 2.45) is 10.2 Å². The van der Waals surface area contributed by atoms with Crippen molar-refractivity contribution in [2.75, 3.05) is 18.0 Å². The third-order valence-electron chi connectivity index (χ3n) is 4.26. The van der Waals surface area contributed by atoms with Gasteiger partial charge in [-0.25, -0.2) is 0 Å². The Morgan fingerprint density at radius 2 is 1.44 bits per heavy atom. The first-order valence-corrected chi connectivity index (χ1v) is 8.34. The van der Waals surface area contributed by atoms with E-state index in [1.54, 1.807) is 24.3 Å². The Morgan fingerprint density at radius 1 is 0.926 bits per heavy atom. The van der Waals surface area contributed by atoms with Crippen LogP contribution in [-0.2, 0) is 0 Å². The Morgan fingerprint density at radius 3 is 1.93 bits per heavy atom. The second-order valence-electron chi connectivity index (χ2n) is 6.10. The van der Waals surface area contributed by atoms with Gasteiger partial charge in [-0.15, -0.1) is 0 Å². The van der Waals surface area contributed by atoms with E-state index in [-0.39, 0.29) is 0 Å². The van der Waals surface area contributed by atoms with E-state index in [0.717, 1.165) is 5.69 Å². The van der Waals surface area contributed by atoms with E-state index in [0.29, 0.717) is 35.6 Å². The fourth-order valence-corrected chi connectivity index (χ4v) is 2.78. The molecule has 2 aromatic carbocycles. The summed E-state index contributed by atoms with van der Waals surface area (Å²) in [5.41, 5.74) is 3.15. The number of β-amino-alcohol motifs (C(OH)–C–C–N with tert-alkyl or cyclic N) is 2. The van der Waals surface area contributed by atoms with Crippen LogP contribution in [0, 0.1) is 22.7 Å². The standard InChI is InChI=1S/C20H17N5O2/c21-10-9-15(11-22)14-1-3-16(4-2-14)23-24-17-5-7-18(8-6-17)25-12-19(26)20(27)13-25/h1-9,19-20,26-27H,12-13H2. The maximum atomic E-state index is 9.63. The zero-order chi connectivity index (χ0) is 19.2. The van der Waals surface area contributed by atoms with E-state index in [1.807, 2.05) is 41.3 Å². The molecule has 0 radical (unpaired) electrons. The number of hydrogen-bond acceptors (Lipinski definition) is 7. The number of anilines is 1. The number of allylic oxidation sites excluding steroid dienone is 2. The van der Waals surface area contributed by atoms with Gasteiger partial charge in [-0.3, -0.25) is 0 Å². The summed E-state index contributed by atoms with van der Waals surface area (Å²) >= 11 is 0. The molecule has 0 bridgehead atoms. The lowest BCUT2D eigenvalue weighted by atomic mass is 10.1. The fraction of sp³-hybridized carbons (Fsp3) is 0.200. The van der Waals surface area contributed by atoms with Crippen LogP contribution < -0.4 is 4.90 Å². The summed E-state index contributed by atoms with van der Waals surface area (Å²) < 4.78 is 0. The zero-order valence-electron chi connectivity index (χ0n) is 14.4. The number of benzene rings is 2. The van der Waals surface area contributed by atoms with Crippen LogP contribution in [0.5, 0.6) is 0 Å². The maximum Gasteiger partial charge on any atom is 0.101 e. The smallest absolute Gasteiger partial charge is 0.101 e. The van der Waals surface area contributed by atoms with Gasteiger partial charge in [0.15, 0.2) is 0 Å². The van der Waals surface area contributed by atoms with Crippen LogP contribution in [0.15, 0.2) is 64.8 Å². The first-order valence-electron chi connectivity index (χ1n) is 8.34. The molecule has 2 aromatic rings. The topological polar surface area (TPSA) is 116 Å². The predicted molar refractivity (Wildman–Crippen MR) is 100 cm³/mol. The van der Waals surface area contributed by atoms with Crippen molar-refractivity contribution < 1.29 is 10.2 Å². The number of nitrogens with zero attached hydrogens (tertiary/aromatic N) is 5. The van der Waals surface area contributed by atoms with Crippen LogP contribution in [0.3, 0.4) is 0 Å². The predicted octanol–water partition coefficient (Wildman–Crippen LogP) is 3.07. The van der Waals surface area contributed by atoms with Gasteiger partial charge in [-0.2, -0.15) is 20.8 Å². The number of nitriles is 2. The van der Waals surface area contributed by atoms with Gasteiger partial charge in [-0.05, 0) is 42.0 Å². The molecule has 1 fully saturated rings. The molecule has 0 saturated carbocycles. The van der Waals surface area contributed by atoms with Crippen molar-refractivity contribution in [3.05, 3.63) is 60.2 Å². The molecule has 0 amide bonds. The van der Waals surface area contributed by atoms with Crippen molar-refractivity contribution in [2.45, 2.75) is 12.2 Å². The molecule has 1 saturated heterocycles. The molecule has 0 spiro atoms. The molecule has 0 aromatic heterocycles. The Hall–Kier alpha value is -3.52. The van der Waals surface area contributed by atoms with E-state index in [9.17, 15) is 10.2 Å². The number of hydrogen-bond donors (Lipinski definition) is 2. The van der Waals surface area contributed by atoms with Crippen LogP contribution in [0.4, 0.5) is 17.1 Å². The second-order valence-corrected chi connectivity index (χ2v) is 6.10. The Balaban J connectivity index is 1.67. The highest BCUT2D eigenvalue weighted by Crippen LogP contribution is 2.25. The molecule has 7 heteroatoms. The molecule has 0 aliphatic carbocycles. The van der Waals surface area contributed by atoms with Crippen LogP contribution in [0.1, 0.15) is 5.56 Å². The number of aliphatic hydroxyl groups excluding tert-OH is 2. The normalized spacial score (nSPS) is 19.9. The summed E-state index contributed by atoms with van der Waals surface area (Å²) in [7, 11) is 0. The molecule has 134 valence electrons.